The molecule has 2 aromatic heterocycles. The van der Waals surface area contributed by atoms with E-state index < -0.39 is 24.3 Å². The zero-order chi connectivity index (χ0) is 46.9. The fraction of sp³-hybridized carbons (Fsp3) is 0.333. The number of carbonyl (C=O) groups is 4. The number of hydrogen-bond donors (Lipinski definition) is 4. The van der Waals surface area contributed by atoms with E-state index in [-0.39, 0.29) is 30.8 Å². The molecule has 0 bridgehead atoms. The number of imidazole rings is 2. The number of terminal acetylenes is 1. The van der Waals surface area contributed by atoms with Crippen molar-refractivity contribution in [3.05, 3.63) is 114 Å². The fourth-order valence-electron chi connectivity index (χ4n) is 8.78. The molecule has 0 radical (unpaired) electrons. The van der Waals surface area contributed by atoms with Gasteiger partial charge in [0.2, 0.25) is 11.8 Å². The van der Waals surface area contributed by atoms with Gasteiger partial charge in [0.25, 0.3) is 0 Å². The number of nitrogens with one attached hydrogen (secondary N) is 4. The topological polar surface area (TPSA) is 193 Å². The maximum atomic E-state index is 14.0. The number of rotatable bonds is 16. The van der Waals surface area contributed by atoms with Crippen LogP contribution in [-0.2, 0) is 43.5 Å². The second kappa shape index (κ2) is 21.1. The maximum Gasteiger partial charge on any atom is 0.407 e. The summed E-state index contributed by atoms with van der Waals surface area (Å²) in [6.45, 7) is 4.54. The van der Waals surface area contributed by atoms with Crippen molar-refractivity contribution in [2.45, 2.75) is 64.4 Å². The first-order valence-electron chi connectivity index (χ1n) is 22.4. The van der Waals surface area contributed by atoms with E-state index >= 15 is 0 Å². The fourth-order valence-corrected chi connectivity index (χ4v) is 8.78. The molecule has 0 spiro atoms. The van der Waals surface area contributed by atoms with E-state index in [1.165, 1.54) is 14.2 Å². The number of methoxy groups -OCH3 is 2. The first kappa shape index (κ1) is 45.9. The highest BCUT2D eigenvalue weighted by atomic mass is 16.5. The van der Waals surface area contributed by atoms with E-state index in [0.717, 1.165) is 55.7 Å². The Balaban J connectivity index is 0.969. The highest BCUT2D eigenvalue weighted by Crippen LogP contribution is 2.44. The second-order valence-electron chi connectivity index (χ2n) is 16.5. The van der Waals surface area contributed by atoms with Gasteiger partial charge in [0.1, 0.15) is 36.1 Å². The number of hydrogen-bond acceptors (Lipinski definition) is 10. The Bertz CT molecular complexity index is 2770. The lowest BCUT2D eigenvalue weighted by molar-refractivity contribution is -0.136. The first-order valence-corrected chi connectivity index (χ1v) is 22.4. The van der Waals surface area contributed by atoms with Gasteiger partial charge in [0, 0.05) is 49.2 Å². The second-order valence-corrected chi connectivity index (χ2v) is 16.5. The number of aromatic nitrogens is 4. The normalized spacial score (nSPS) is 14.1. The number of nitrogens with zero attached hydrogens (tertiary/aromatic N) is 4. The number of carbonyl (C=O) groups excluding carboxylic acids is 4. The zero-order valence-electron chi connectivity index (χ0n) is 37.8. The number of benzene rings is 4. The molecule has 1 fully saturated rings. The molecular weight excluding hydrogens is 853 g/mol. The summed E-state index contributed by atoms with van der Waals surface area (Å²) in [5, 5.41) is 7.42. The van der Waals surface area contributed by atoms with Crippen molar-refractivity contribution in [3.63, 3.8) is 0 Å². The first-order chi connectivity index (χ1) is 32.7. The van der Waals surface area contributed by atoms with Gasteiger partial charge in [0.05, 0.1) is 51.1 Å². The molecule has 0 saturated carbocycles. The molecule has 4 amide bonds. The largest absolute Gasteiger partial charge is 0.488 e. The predicted molar refractivity (Wildman–Crippen MR) is 251 cm³/mol. The summed E-state index contributed by atoms with van der Waals surface area (Å²) in [6, 6.07) is 24.0. The van der Waals surface area contributed by atoms with Gasteiger partial charge >= 0.3 is 12.2 Å². The van der Waals surface area contributed by atoms with Crippen molar-refractivity contribution < 1.29 is 38.1 Å². The molecule has 4 heterocycles. The van der Waals surface area contributed by atoms with Gasteiger partial charge in [-0.3, -0.25) is 9.59 Å². The summed E-state index contributed by atoms with van der Waals surface area (Å²) in [6.07, 6.45) is 10.1. The molecule has 346 valence electrons. The molecule has 1 saturated heterocycles. The van der Waals surface area contributed by atoms with E-state index in [9.17, 15) is 19.2 Å². The van der Waals surface area contributed by atoms with Gasteiger partial charge in [0.15, 0.2) is 0 Å². The number of H-pyrrole nitrogens is 2. The van der Waals surface area contributed by atoms with Gasteiger partial charge in [-0.15, -0.1) is 12.3 Å². The van der Waals surface area contributed by atoms with Crippen LogP contribution >= 0.6 is 0 Å². The average Bonchev–Trinajstić information content (AvgIpc) is 4.05. The summed E-state index contributed by atoms with van der Waals surface area (Å²) >= 11 is 0. The van der Waals surface area contributed by atoms with E-state index in [2.05, 4.69) is 79.0 Å². The summed E-state index contributed by atoms with van der Waals surface area (Å²) in [5.74, 6) is 3.99. The van der Waals surface area contributed by atoms with Crippen LogP contribution in [0.2, 0.25) is 0 Å². The van der Waals surface area contributed by atoms with Crippen LogP contribution in [0.25, 0.3) is 44.4 Å². The molecule has 2 aliphatic heterocycles. The highest BCUT2D eigenvalue weighted by Gasteiger charge is 2.35. The Labute approximate surface area is 388 Å². The van der Waals surface area contributed by atoms with Crippen LogP contribution in [0.3, 0.4) is 0 Å². The highest BCUT2D eigenvalue weighted by molar-refractivity contribution is 5.98. The molecule has 2 aliphatic rings. The van der Waals surface area contributed by atoms with Gasteiger partial charge in [-0.05, 0) is 71.0 Å². The van der Waals surface area contributed by atoms with Crippen LogP contribution in [0.5, 0.6) is 5.75 Å². The van der Waals surface area contributed by atoms with E-state index in [0.29, 0.717) is 75.8 Å². The smallest absolute Gasteiger partial charge is 0.407 e. The van der Waals surface area contributed by atoms with Crippen molar-refractivity contribution in [2.75, 3.05) is 40.5 Å². The molecule has 4 N–H and O–H groups in total. The van der Waals surface area contributed by atoms with Gasteiger partial charge in [-0.25, -0.2) is 19.6 Å². The number of alkyl carbamates (subject to hydrolysis) is 2. The quantitative estimate of drug-likeness (QED) is 0.0707. The third-order valence-electron chi connectivity index (χ3n) is 12.2. The summed E-state index contributed by atoms with van der Waals surface area (Å²) in [5.41, 5.74) is 7.16. The summed E-state index contributed by atoms with van der Waals surface area (Å²) < 4.78 is 21.7. The molecule has 67 heavy (non-hydrogen) atoms. The van der Waals surface area contributed by atoms with Crippen LogP contribution in [0.4, 0.5) is 9.59 Å². The predicted octanol–water partition coefficient (Wildman–Crippen LogP) is 7.52. The molecule has 6 aromatic rings. The lowest BCUT2D eigenvalue weighted by Crippen LogP contribution is -2.53. The Morgan fingerprint density at radius 1 is 0.806 bits per heavy atom. The lowest BCUT2D eigenvalue weighted by Gasteiger charge is -2.33. The molecule has 2 atom stereocenters. The Kier molecular flexibility index (Phi) is 14.5. The molecule has 0 unspecified atom stereocenters. The SMILES string of the molecule is C#CCCN(Cc1ncc(-c2ccc3c4c(ccc3c2)-c2ccc(-c3cnc(CN(CCC)C(=O)[C@H](NC(=O)OC)c5ccccc5)[nH]3)cc2CO4)[nH]1)C(=O)[C@@H](NC(=O)OC)C1CCOCC1. The van der Waals surface area contributed by atoms with Crippen LogP contribution in [0, 0.1) is 18.3 Å². The van der Waals surface area contributed by atoms with Crippen molar-refractivity contribution in [1.82, 2.24) is 40.4 Å². The molecular formula is C51H54N8O8. The van der Waals surface area contributed by atoms with E-state index in [1.807, 2.05) is 31.2 Å². The van der Waals surface area contributed by atoms with Crippen molar-refractivity contribution in [1.29, 1.82) is 0 Å². The van der Waals surface area contributed by atoms with Crippen molar-refractivity contribution in [2.24, 2.45) is 5.92 Å². The Hall–Kier alpha value is -7.64. The molecule has 4 aromatic carbocycles. The van der Waals surface area contributed by atoms with Gasteiger partial charge in [-0.2, -0.15) is 0 Å². The minimum Gasteiger partial charge on any atom is -0.488 e. The number of fused-ring (bicyclic) bond motifs is 5. The third-order valence-corrected chi connectivity index (χ3v) is 12.2. The van der Waals surface area contributed by atoms with Crippen molar-refractivity contribution >= 4 is 34.8 Å². The Morgan fingerprint density at radius 3 is 2.12 bits per heavy atom. The minimum atomic E-state index is -0.921. The molecule has 16 nitrogen and oxygen atoms in total. The molecule has 16 heteroatoms. The summed E-state index contributed by atoms with van der Waals surface area (Å²) in [4.78, 5) is 71.9. The van der Waals surface area contributed by atoms with E-state index in [4.69, 9.17) is 25.4 Å². The van der Waals surface area contributed by atoms with Crippen molar-refractivity contribution in [3.8, 4) is 51.7 Å². The minimum absolute atomic E-state index is 0.108. The lowest BCUT2D eigenvalue weighted by atomic mass is 9.90. The monoisotopic (exact) mass is 906 g/mol. The van der Waals surface area contributed by atoms with Crippen LogP contribution in [0.15, 0.2) is 91.3 Å². The maximum absolute atomic E-state index is 14.0. The van der Waals surface area contributed by atoms with Crippen LogP contribution in [0.1, 0.15) is 61.4 Å². The molecule has 8 rings (SSSR count). The van der Waals surface area contributed by atoms with Crippen LogP contribution < -0.4 is 15.4 Å². The Morgan fingerprint density at radius 2 is 1.45 bits per heavy atom. The zero-order valence-corrected chi connectivity index (χ0v) is 37.8. The average molecular weight is 907 g/mol. The van der Waals surface area contributed by atoms with Crippen LogP contribution in [-0.4, -0.2) is 100 Å². The number of ether oxygens (including phenoxy) is 4. The standard InChI is InChI=1S/C51H54N8O8/c1-5-7-22-59(49(61)46(57-51(63)65-4)33-19-23-66-24-20-33)30-44-53-27-41(54-44)35-15-17-39-34(25-35)13-18-40-38-16-14-36(26-37(38)31-67-47(39)40)42-28-52-43(55-42)29-58(21-6-2)48(60)45(56-50(62)64-3)32-11-9-8-10-12-32/h1,8-18,25-28,33,45-46H,6-7,19-24,29-31H2,2-4H3,(H,52,55)(H,53,54)(H,56,62)(H,57,63)/t45-,46+/m1/s1. The number of aromatic amines is 2. The summed E-state index contributed by atoms with van der Waals surface area (Å²) in [7, 11) is 2.55. The number of amides is 4. The molecule has 0 aliphatic carbocycles. The third kappa shape index (κ3) is 10.4. The van der Waals surface area contributed by atoms with Gasteiger partial charge < -0.3 is 49.3 Å². The van der Waals surface area contributed by atoms with Gasteiger partial charge in [-0.1, -0.05) is 67.6 Å². The van der Waals surface area contributed by atoms with E-state index in [1.54, 1.807) is 34.3 Å².